The molecule has 0 bridgehead atoms. The van der Waals surface area contributed by atoms with Gasteiger partial charge in [0, 0.05) is 0 Å². The highest BCUT2D eigenvalue weighted by Gasteiger charge is 2.30. The maximum Gasteiger partial charge on any atom is 0.573 e. The van der Waals surface area contributed by atoms with Crippen LogP contribution in [0.15, 0.2) is 48.5 Å². The average Bonchev–Trinajstić information content (AvgIpc) is 2.36. The summed E-state index contributed by atoms with van der Waals surface area (Å²) < 4.78 is 45.4. The van der Waals surface area contributed by atoms with Gasteiger partial charge in [-0.2, -0.15) is 0 Å². The van der Waals surface area contributed by atoms with Crippen molar-refractivity contribution in [3.05, 3.63) is 59.7 Å². The molecule has 0 spiro atoms. The van der Waals surface area contributed by atoms with E-state index in [1.54, 1.807) is 0 Å². The van der Waals surface area contributed by atoms with Crippen LogP contribution in [0.25, 0.3) is 0 Å². The van der Waals surface area contributed by atoms with Gasteiger partial charge in [-0.25, -0.2) is 0 Å². The van der Waals surface area contributed by atoms with Gasteiger partial charge in [-0.1, -0.05) is 24.3 Å². The van der Waals surface area contributed by atoms with Crippen LogP contribution in [0.4, 0.5) is 13.2 Å². The van der Waals surface area contributed by atoms with Crippen molar-refractivity contribution < 1.29 is 22.6 Å². The molecule has 20 heavy (non-hydrogen) atoms. The van der Waals surface area contributed by atoms with E-state index in [0.717, 1.165) is 16.9 Å². The molecule has 2 aromatic carbocycles. The molecule has 106 valence electrons. The number of rotatable bonds is 4. The summed E-state index contributed by atoms with van der Waals surface area (Å²) in [5.74, 6) is 0.484. The van der Waals surface area contributed by atoms with E-state index in [-0.39, 0.29) is 12.4 Å². The van der Waals surface area contributed by atoms with Gasteiger partial charge in [0.25, 0.3) is 0 Å². The Kier molecular flexibility index (Phi) is 4.17. The fourth-order valence-electron chi connectivity index (χ4n) is 1.66. The maximum absolute atomic E-state index is 12.0. The van der Waals surface area contributed by atoms with Crippen molar-refractivity contribution in [2.45, 2.75) is 19.9 Å². The predicted molar refractivity (Wildman–Crippen MR) is 68.6 cm³/mol. The first kappa shape index (κ1) is 14.2. The fourth-order valence-corrected chi connectivity index (χ4v) is 1.66. The van der Waals surface area contributed by atoms with E-state index >= 15 is 0 Å². The topological polar surface area (TPSA) is 18.5 Å². The molecule has 2 nitrogen and oxygen atoms in total. The van der Waals surface area contributed by atoms with Crippen molar-refractivity contribution in [3.63, 3.8) is 0 Å². The summed E-state index contributed by atoms with van der Waals surface area (Å²) in [6.45, 7) is 2.24. The molecular formula is C15H13F3O2. The van der Waals surface area contributed by atoms with Crippen LogP contribution in [0.5, 0.6) is 11.5 Å². The molecule has 0 N–H and O–H groups in total. The van der Waals surface area contributed by atoms with Gasteiger partial charge in [-0.3, -0.25) is 0 Å². The predicted octanol–water partition coefficient (Wildman–Crippen LogP) is 4.47. The normalized spacial score (nSPS) is 11.2. The molecule has 0 aliphatic carbocycles. The lowest BCUT2D eigenvalue weighted by atomic mass is 10.2. The monoisotopic (exact) mass is 282 g/mol. The summed E-state index contributed by atoms with van der Waals surface area (Å²) in [6.07, 6.45) is -4.67. The van der Waals surface area contributed by atoms with Crippen LogP contribution >= 0.6 is 0 Å². The summed E-state index contributed by atoms with van der Waals surface area (Å²) in [6, 6.07) is 13.2. The summed E-state index contributed by atoms with van der Waals surface area (Å²) in [5, 5.41) is 0. The molecule has 0 fully saturated rings. The van der Waals surface area contributed by atoms with Crippen LogP contribution in [-0.4, -0.2) is 6.36 Å². The quantitative estimate of drug-likeness (QED) is 0.823. The molecule has 0 saturated heterocycles. The van der Waals surface area contributed by atoms with Crippen molar-refractivity contribution in [1.29, 1.82) is 0 Å². The average molecular weight is 282 g/mol. The molecule has 0 aliphatic heterocycles. The molecule has 0 aromatic heterocycles. The van der Waals surface area contributed by atoms with Crippen LogP contribution in [-0.2, 0) is 6.61 Å². The first-order valence-corrected chi connectivity index (χ1v) is 5.96. The molecule has 0 atom stereocenters. The molecule has 0 unspecified atom stereocenters. The van der Waals surface area contributed by atoms with Crippen molar-refractivity contribution in [3.8, 4) is 11.5 Å². The third kappa shape index (κ3) is 4.50. The van der Waals surface area contributed by atoms with Gasteiger partial charge in [0.15, 0.2) is 0 Å². The lowest BCUT2D eigenvalue weighted by molar-refractivity contribution is -0.274. The van der Waals surface area contributed by atoms with E-state index in [4.69, 9.17) is 4.74 Å². The highest BCUT2D eigenvalue weighted by atomic mass is 19.4. The largest absolute Gasteiger partial charge is 0.573 e. The Bertz CT molecular complexity index is 562. The second-order valence-corrected chi connectivity index (χ2v) is 4.30. The zero-order valence-corrected chi connectivity index (χ0v) is 10.8. The molecular weight excluding hydrogens is 269 g/mol. The lowest BCUT2D eigenvalue weighted by Crippen LogP contribution is -2.17. The van der Waals surface area contributed by atoms with Gasteiger partial charge in [-0.05, 0) is 42.3 Å². The molecule has 0 saturated carbocycles. The Balaban J connectivity index is 1.94. The summed E-state index contributed by atoms with van der Waals surface area (Å²) in [7, 11) is 0. The number of hydrogen-bond acceptors (Lipinski definition) is 2. The van der Waals surface area contributed by atoms with Gasteiger partial charge in [0.2, 0.25) is 0 Å². The Labute approximate surface area is 114 Å². The van der Waals surface area contributed by atoms with Crippen LogP contribution in [0.3, 0.4) is 0 Å². The number of hydrogen-bond donors (Lipinski definition) is 0. The zero-order chi connectivity index (χ0) is 14.6. The second-order valence-electron chi connectivity index (χ2n) is 4.30. The third-order valence-electron chi connectivity index (χ3n) is 2.55. The molecule has 0 aliphatic rings. The van der Waals surface area contributed by atoms with Crippen molar-refractivity contribution in [2.24, 2.45) is 0 Å². The number of benzene rings is 2. The zero-order valence-electron chi connectivity index (χ0n) is 10.8. The number of alkyl halides is 3. The van der Waals surface area contributed by atoms with Gasteiger partial charge in [0.1, 0.15) is 18.1 Å². The van der Waals surface area contributed by atoms with Crippen LogP contribution in [0.1, 0.15) is 11.1 Å². The van der Waals surface area contributed by atoms with Crippen molar-refractivity contribution >= 4 is 0 Å². The van der Waals surface area contributed by atoms with Crippen molar-refractivity contribution in [2.75, 3.05) is 0 Å². The molecule has 2 aromatic rings. The lowest BCUT2D eigenvalue weighted by Gasteiger charge is -2.10. The Morgan fingerprint density at radius 3 is 2.25 bits per heavy atom. The smallest absolute Gasteiger partial charge is 0.489 e. The number of halogens is 3. The molecule has 5 heteroatoms. The standard InChI is InChI=1S/C15H13F3O2/c1-11-3-2-4-14(9-11)19-10-12-5-7-13(8-6-12)20-15(16,17)18/h2-9H,10H2,1H3. The summed E-state index contributed by atoms with van der Waals surface area (Å²) in [5.41, 5.74) is 1.84. The van der Waals surface area contributed by atoms with Gasteiger partial charge in [-0.15, -0.1) is 13.2 Å². The molecule has 2 rings (SSSR count). The minimum atomic E-state index is -4.67. The SMILES string of the molecule is Cc1cccc(OCc2ccc(OC(F)(F)F)cc2)c1. The molecule has 0 radical (unpaired) electrons. The Hall–Kier alpha value is -2.17. The fraction of sp³-hybridized carbons (Fsp3) is 0.200. The van der Waals surface area contributed by atoms with Crippen LogP contribution in [0, 0.1) is 6.92 Å². The van der Waals surface area contributed by atoms with E-state index < -0.39 is 6.36 Å². The van der Waals surface area contributed by atoms with Crippen LogP contribution < -0.4 is 9.47 Å². The van der Waals surface area contributed by atoms with E-state index in [9.17, 15) is 13.2 Å². The Morgan fingerprint density at radius 1 is 0.950 bits per heavy atom. The first-order chi connectivity index (χ1) is 9.42. The Morgan fingerprint density at radius 2 is 1.65 bits per heavy atom. The minimum Gasteiger partial charge on any atom is -0.489 e. The summed E-state index contributed by atoms with van der Waals surface area (Å²) >= 11 is 0. The van der Waals surface area contributed by atoms with Crippen LogP contribution in [0.2, 0.25) is 0 Å². The van der Waals surface area contributed by atoms with Gasteiger partial charge in [0.05, 0.1) is 0 Å². The third-order valence-corrected chi connectivity index (χ3v) is 2.55. The van der Waals surface area contributed by atoms with E-state index in [0.29, 0.717) is 0 Å². The van der Waals surface area contributed by atoms with Gasteiger partial charge < -0.3 is 9.47 Å². The minimum absolute atomic E-state index is 0.239. The molecule has 0 heterocycles. The number of ether oxygens (including phenoxy) is 2. The molecule has 0 amide bonds. The maximum atomic E-state index is 12.0. The van der Waals surface area contributed by atoms with E-state index in [1.807, 2.05) is 31.2 Å². The van der Waals surface area contributed by atoms with Crippen molar-refractivity contribution in [1.82, 2.24) is 0 Å². The summed E-state index contributed by atoms with van der Waals surface area (Å²) in [4.78, 5) is 0. The first-order valence-electron chi connectivity index (χ1n) is 5.96. The van der Waals surface area contributed by atoms with Gasteiger partial charge >= 0.3 is 6.36 Å². The second kappa shape index (κ2) is 5.86. The highest BCUT2D eigenvalue weighted by Crippen LogP contribution is 2.23. The van der Waals surface area contributed by atoms with E-state index in [1.165, 1.54) is 24.3 Å². The highest BCUT2D eigenvalue weighted by molar-refractivity contribution is 5.29. The van der Waals surface area contributed by atoms with E-state index in [2.05, 4.69) is 4.74 Å². The number of aryl methyl sites for hydroxylation is 1.